The van der Waals surface area contributed by atoms with Crippen molar-refractivity contribution in [2.45, 2.75) is 0 Å². The van der Waals surface area contributed by atoms with E-state index in [1.807, 2.05) is 0 Å². The van der Waals surface area contributed by atoms with Gasteiger partial charge in [-0.2, -0.15) is 0 Å². The van der Waals surface area contributed by atoms with Gasteiger partial charge >= 0.3 is 5.97 Å². The number of rotatable bonds is 3. The van der Waals surface area contributed by atoms with Gasteiger partial charge in [0.15, 0.2) is 5.82 Å². The number of anilines is 3. The van der Waals surface area contributed by atoms with Gasteiger partial charge in [-0.05, 0) is 24.3 Å². The van der Waals surface area contributed by atoms with Crippen LogP contribution in [0, 0.1) is 5.82 Å². The molecule has 1 aromatic carbocycles. The fourth-order valence-electron chi connectivity index (χ4n) is 1.42. The average Bonchev–Trinajstić information content (AvgIpc) is 2.34. The first kappa shape index (κ1) is 13.1. The Morgan fingerprint density at radius 3 is 2.74 bits per heavy atom. The number of carbonyl (C=O) groups is 1. The van der Waals surface area contributed by atoms with Gasteiger partial charge in [-0.15, -0.1) is 0 Å². The van der Waals surface area contributed by atoms with Gasteiger partial charge in [0, 0.05) is 11.2 Å². The van der Waals surface area contributed by atoms with E-state index in [9.17, 15) is 9.18 Å². The van der Waals surface area contributed by atoms with Crippen LogP contribution in [-0.2, 0) is 0 Å². The largest absolute Gasteiger partial charge is 0.478 e. The van der Waals surface area contributed by atoms with Crippen molar-refractivity contribution in [3.8, 4) is 0 Å². The lowest BCUT2D eigenvalue weighted by Crippen LogP contribution is -2.04. The van der Waals surface area contributed by atoms with Gasteiger partial charge in [0.1, 0.15) is 5.82 Å². The molecule has 5 nitrogen and oxygen atoms in total. The fourth-order valence-corrected chi connectivity index (χ4v) is 1.58. The molecule has 0 bridgehead atoms. The second kappa shape index (κ2) is 5.11. The van der Waals surface area contributed by atoms with E-state index in [1.54, 1.807) is 0 Å². The van der Waals surface area contributed by atoms with Crippen LogP contribution in [0.2, 0.25) is 5.02 Å². The molecule has 1 heterocycles. The van der Waals surface area contributed by atoms with Crippen LogP contribution in [0.4, 0.5) is 21.6 Å². The lowest BCUT2D eigenvalue weighted by Gasteiger charge is -2.09. The molecule has 0 aliphatic heterocycles. The number of halogens is 2. The topological polar surface area (TPSA) is 88.2 Å². The van der Waals surface area contributed by atoms with E-state index in [2.05, 4.69) is 10.3 Å². The molecule has 0 fully saturated rings. The van der Waals surface area contributed by atoms with Crippen LogP contribution in [0.15, 0.2) is 30.5 Å². The van der Waals surface area contributed by atoms with Crippen molar-refractivity contribution in [1.29, 1.82) is 0 Å². The van der Waals surface area contributed by atoms with Gasteiger partial charge in [0.25, 0.3) is 0 Å². The van der Waals surface area contributed by atoms with Gasteiger partial charge in [-0.25, -0.2) is 14.2 Å². The SMILES string of the molecule is Nc1cc(C(=O)O)cnc1Nc1ccc(Cl)cc1F. The summed E-state index contributed by atoms with van der Waals surface area (Å²) in [5.41, 5.74) is 5.86. The van der Waals surface area contributed by atoms with Crippen molar-refractivity contribution in [2.24, 2.45) is 0 Å². The van der Waals surface area contributed by atoms with Crippen molar-refractivity contribution < 1.29 is 14.3 Å². The predicted molar refractivity (Wildman–Crippen MR) is 70.3 cm³/mol. The molecule has 2 rings (SSSR count). The lowest BCUT2D eigenvalue weighted by atomic mass is 10.2. The van der Waals surface area contributed by atoms with Crippen molar-refractivity contribution in [2.75, 3.05) is 11.1 Å². The summed E-state index contributed by atoms with van der Waals surface area (Å²) in [6.45, 7) is 0. The van der Waals surface area contributed by atoms with E-state index in [0.717, 1.165) is 12.3 Å². The second-order valence-corrected chi connectivity index (χ2v) is 4.15. The van der Waals surface area contributed by atoms with Crippen LogP contribution in [0.3, 0.4) is 0 Å². The number of hydrogen-bond acceptors (Lipinski definition) is 4. The molecule has 0 unspecified atom stereocenters. The molecule has 0 spiro atoms. The number of nitrogens with one attached hydrogen (secondary N) is 1. The van der Waals surface area contributed by atoms with Gasteiger partial charge in [-0.3, -0.25) is 0 Å². The lowest BCUT2D eigenvalue weighted by molar-refractivity contribution is 0.0696. The molecule has 0 aliphatic rings. The molecule has 0 atom stereocenters. The van der Waals surface area contributed by atoms with Gasteiger partial charge in [-0.1, -0.05) is 11.6 Å². The summed E-state index contributed by atoms with van der Waals surface area (Å²) in [4.78, 5) is 14.6. The first-order valence-corrected chi connectivity index (χ1v) is 5.56. The number of hydrogen-bond donors (Lipinski definition) is 3. The first-order valence-electron chi connectivity index (χ1n) is 5.18. The Hall–Kier alpha value is -2.34. The molecule has 0 radical (unpaired) electrons. The quantitative estimate of drug-likeness (QED) is 0.805. The second-order valence-electron chi connectivity index (χ2n) is 3.72. The van der Waals surface area contributed by atoms with E-state index in [-0.39, 0.29) is 27.8 Å². The summed E-state index contributed by atoms with van der Waals surface area (Å²) in [5, 5.41) is 11.7. The number of pyridine rings is 1. The highest BCUT2D eigenvalue weighted by Gasteiger charge is 2.10. The molecule has 19 heavy (non-hydrogen) atoms. The summed E-state index contributed by atoms with van der Waals surface area (Å²) < 4.78 is 13.6. The third kappa shape index (κ3) is 2.92. The number of aromatic carboxylic acids is 1. The van der Waals surface area contributed by atoms with Gasteiger partial charge < -0.3 is 16.2 Å². The van der Waals surface area contributed by atoms with Crippen molar-refractivity contribution in [3.63, 3.8) is 0 Å². The zero-order valence-electron chi connectivity index (χ0n) is 9.52. The molecule has 4 N–H and O–H groups in total. The highest BCUT2D eigenvalue weighted by molar-refractivity contribution is 6.30. The molecule has 0 amide bonds. The Bertz CT molecular complexity index is 649. The first-order chi connectivity index (χ1) is 8.97. The van der Waals surface area contributed by atoms with Crippen LogP contribution < -0.4 is 11.1 Å². The molecule has 0 saturated heterocycles. The Morgan fingerprint density at radius 1 is 1.42 bits per heavy atom. The molecule has 98 valence electrons. The average molecular weight is 282 g/mol. The maximum absolute atomic E-state index is 13.6. The summed E-state index contributed by atoms with van der Waals surface area (Å²) >= 11 is 5.63. The third-order valence-electron chi connectivity index (χ3n) is 2.35. The van der Waals surface area contributed by atoms with Crippen LogP contribution >= 0.6 is 11.6 Å². The van der Waals surface area contributed by atoms with E-state index in [1.165, 1.54) is 18.2 Å². The molecular formula is C12H9ClFN3O2. The summed E-state index contributed by atoms with van der Waals surface area (Å²) in [6.07, 6.45) is 1.13. The molecule has 2 aromatic rings. The number of carboxylic acid groups (broad SMARTS) is 1. The zero-order valence-corrected chi connectivity index (χ0v) is 10.3. The number of carboxylic acids is 1. The monoisotopic (exact) mass is 281 g/mol. The normalized spacial score (nSPS) is 10.2. The molecule has 0 aliphatic carbocycles. The minimum atomic E-state index is -1.14. The summed E-state index contributed by atoms with van der Waals surface area (Å²) in [5.74, 6) is -1.52. The van der Waals surface area contributed by atoms with Crippen LogP contribution in [0.25, 0.3) is 0 Å². The fraction of sp³-hybridized carbons (Fsp3) is 0. The van der Waals surface area contributed by atoms with E-state index < -0.39 is 11.8 Å². The molecule has 1 aromatic heterocycles. The van der Waals surface area contributed by atoms with E-state index in [4.69, 9.17) is 22.4 Å². The Morgan fingerprint density at radius 2 is 2.16 bits per heavy atom. The predicted octanol–water partition coefficient (Wildman–Crippen LogP) is 2.90. The minimum Gasteiger partial charge on any atom is -0.478 e. The van der Waals surface area contributed by atoms with Crippen molar-refractivity contribution in [3.05, 3.63) is 46.9 Å². The zero-order chi connectivity index (χ0) is 14.0. The highest BCUT2D eigenvalue weighted by Crippen LogP contribution is 2.25. The van der Waals surface area contributed by atoms with Crippen molar-refractivity contribution in [1.82, 2.24) is 4.98 Å². The minimum absolute atomic E-state index is 0.0420. The molecular weight excluding hydrogens is 273 g/mol. The number of nitrogens with zero attached hydrogens (tertiary/aromatic N) is 1. The van der Waals surface area contributed by atoms with E-state index >= 15 is 0 Å². The maximum Gasteiger partial charge on any atom is 0.337 e. The van der Waals surface area contributed by atoms with E-state index in [0.29, 0.717) is 0 Å². The highest BCUT2D eigenvalue weighted by atomic mass is 35.5. The summed E-state index contributed by atoms with van der Waals surface area (Å²) in [6, 6.07) is 5.33. The number of aromatic nitrogens is 1. The van der Waals surface area contributed by atoms with Crippen LogP contribution in [0.1, 0.15) is 10.4 Å². The number of benzene rings is 1. The van der Waals surface area contributed by atoms with Crippen LogP contribution in [0.5, 0.6) is 0 Å². The Kier molecular flexibility index (Phi) is 3.52. The summed E-state index contributed by atoms with van der Waals surface area (Å²) in [7, 11) is 0. The Balaban J connectivity index is 2.31. The van der Waals surface area contributed by atoms with Gasteiger partial charge in [0.2, 0.25) is 0 Å². The standard InChI is InChI=1S/C12H9ClFN3O2/c13-7-1-2-10(8(14)4-7)17-11-9(15)3-6(5-16-11)12(18)19/h1-5H,15H2,(H,16,17)(H,18,19). The molecule has 7 heteroatoms. The smallest absolute Gasteiger partial charge is 0.337 e. The Labute approximate surface area is 112 Å². The van der Waals surface area contributed by atoms with Crippen molar-refractivity contribution >= 4 is 34.8 Å². The maximum atomic E-state index is 13.6. The number of nitrogen functional groups attached to an aromatic ring is 1. The third-order valence-corrected chi connectivity index (χ3v) is 2.58. The van der Waals surface area contributed by atoms with Gasteiger partial charge in [0.05, 0.1) is 16.9 Å². The molecule has 0 saturated carbocycles. The van der Waals surface area contributed by atoms with Crippen LogP contribution in [-0.4, -0.2) is 16.1 Å². The number of nitrogens with two attached hydrogens (primary N) is 1.